The number of benzene rings is 1. The van der Waals surface area contributed by atoms with Crippen molar-refractivity contribution in [1.82, 2.24) is 0 Å². The van der Waals surface area contributed by atoms with Crippen LogP contribution in [0.25, 0.3) is 0 Å². The van der Waals surface area contributed by atoms with Crippen molar-refractivity contribution in [2.75, 3.05) is 19.4 Å². The van der Waals surface area contributed by atoms with Crippen LogP contribution in [-0.2, 0) is 15.5 Å². The Bertz CT molecular complexity index is 477. The van der Waals surface area contributed by atoms with Crippen LogP contribution in [0, 0.1) is 5.92 Å². The summed E-state index contributed by atoms with van der Waals surface area (Å²) in [5.41, 5.74) is 3.00. The fourth-order valence-corrected chi connectivity index (χ4v) is 4.61. The van der Waals surface area contributed by atoms with Crippen molar-refractivity contribution in [3.05, 3.63) is 35.4 Å². The van der Waals surface area contributed by atoms with E-state index in [1.165, 1.54) is 43.2 Å². The van der Waals surface area contributed by atoms with Gasteiger partial charge in [0.25, 0.3) is 0 Å². The zero-order chi connectivity index (χ0) is 16.0. The fourth-order valence-electron chi connectivity index (χ4n) is 3.26. The number of rotatable bonds is 3. The van der Waals surface area contributed by atoms with E-state index >= 15 is 0 Å². The second kappa shape index (κ2) is 8.31. The smallest absolute Gasteiger partial charge is 0.200 e. The van der Waals surface area contributed by atoms with Gasteiger partial charge in [0.15, 0.2) is 7.37 Å². The molecule has 124 valence electrons. The molecule has 1 atom stereocenters. The van der Waals surface area contributed by atoms with Crippen LogP contribution in [0.2, 0.25) is 0 Å². The number of hydrogen-bond donors (Lipinski definition) is 0. The Kier molecular flexibility index (Phi) is 6.71. The summed E-state index contributed by atoms with van der Waals surface area (Å²) in [4.78, 5) is 0. The normalized spacial score (nSPS) is 25.3. The Morgan fingerprint density at radius 2 is 1.77 bits per heavy atom. The van der Waals surface area contributed by atoms with Gasteiger partial charge in [0.05, 0.1) is 6.61 Å². The lowest BCUT2D eigenvalue weighted by atomic mass is 9.95. The number of hydrogen-bond acceptors (Lipinski definition) is 2. The highest BCUT2D eigenvalue weighted by Crippen LogP contribution is 2.47. The largest absolute Gasteiger partial charge is 0.329 e. The monoisotopic (exact) mass is 322 g/mol. The van der Waals surface area contributed by atoms with Crippen molar-refractivity contribution in [2.24, 2.45) is 5.92 Å². The summed E-state index contributed by atoms with van der Waals surface area (Å²) in [6.07, 6.45) is 8.88. The molecule has 0 bridgehead atoms. The third kappa shape index (κ3) is 5.89. The second-order valence-corrected chi connectivity index (χ2v) is 9.91. The highest BCUT2D eigenvalue weighted by molar-refractivity contribution is 7.58. The van der Waals surface area contributed by atoms with Gasteiger partial charge in [-0.2, -0.15) is 0 Å². The van der Waals surface area contributed by atoms with Gasteiger partial charge in [-0.3, -0.25) is 4.57 Å². The first kappa shape index (κ1) is 17.8. The van der Waals surface area contributed by atoms with E-state index in [-0.39, 0.29) is 0 Å². The predicted octanol–water partition coefficient (Wildman–Crippen LogP) is 5.86. The maximum Gasteiger partial charge on any atom is 0.200 e. The molecule has 0 aromatic heterocycles. The van der Waals surface area contributed by atoms with E-state index in [9.17, 15) is 4.57 Å². The van der Waals surface area contributed by atoms with Gasteiger partial charge < -0.3 is 4.52 Å². The van der Waals surface area contributed by atoms with E-state index in [4.69, 9.17) is 4.52 Å². The van der Waals surface area contributed by atoms with Crippen molar-refractivity contribution in [3.8, 4) is 0 Å². The molecule has 2 fully saturated rings. The molecule has 22 heavy (non-hydrogen) atoms. The molecule has 1 aromatic rings. The van der Waals surface area contributed by atoms with Gasteiger partial charge in [-0.25, -0.2) is 0 Å². The Labute approximate surface area is 136 Å². The van der Waals surface area contributed by atoms with Crippen molar-refractivity contribution in [2.45, 2.75) is 58.3 Å². The van der Waals surface area contributed by atoms with Gasteiger partial charge in [0.2, 0.25) is 0 Å². The van der Waals surface area contributed by atoms with E-state index in [2.05, 4.69) is 38.1 Å². The SMILES string of the molecule is CC(C)c1ccc(CC2CCCC2)cc1.CP1(=O)CCCO1. The van der Waals surface area contributed by atoms with Crippen LogP contribution in [0.15, 0.2) is 24.3 Å². The minimum Gasteiger partial charge on any atom is -0.329 e. The van der Waals surface area contributed by atoms with Gasteiger partial charge in [0, 0.05) is 12.8 Å². The minimum atomic E-state index is -2.04. The van der Waals surface area contributed by atoms with Gasteiger partial charge in [-0.05, 0) is 35.8 Å². The topological polar surface area (TPSA) is 26.3 Å². The first-order valence-corrected chi connectivity index (χ1v) is 11.0. The van der Waals surface area contributed by atoms with Gasteiger partial charge in [-0.1, -0.05) is 63.8 Å². The fraction of sp³-hybridized carbons (Fsp3) is 0.684. The lowest BCUT2D eigenvalue weighted by Gasteiger charge is -2.10. The van der Waals surface area contributed by atoms with Crippen LogP contribution in [0.5, 0.6) is 0 Å². The molecule has 1 unspecified atom stereocenters. The van der Waals surface area contributed by atoms with Gasteiger partial charge in [-0.15, -0.1) is 0 Å². The lowest BCUT2D eigenvalue weighted by molar-refractivity contribution is 0.354. The molecule has 2 aliphatic rings. The molecule has 0 radical (unpaired) electrons. The van der Waals surface area contributed by atoms with Crippen molar-refractivity contribution in [3.63, 3.8) is 0 Å². The summed E-state index contributed by atoms with van der Waals surface area (Å²) in [5.74, 6) is 1.63. The van der Waals surface area contributed by atoms with Crippen LogP contribution >= 0.6 is 7.37 Å². The highest BCUT2D eigenvalue weighted by atomic mass is 31.2. The molecule has 1 saturated heterocycles. The van der Waals surface area contributed by atoms with Crippen LogP contribution < -0.4 is 0 Å². The quantitative estimate of drug-likeness (QED) is 0.652. The molecule has 0 N–H and O–H groups in total. The first-order valence-electron chi connectivity index (χ1n) is 8.76. The molecule has 1 aliphatic heterocycles. The Morgan fingerprint density at radius 1 is 1.14 bits per heavy atom. The third-order valence-electron chi connectivity index (χ3n) is 4.72. The standard InChI is InChI=1S/C15H22.C4H9O2P/c1-12(2)15-9-7-14(8-10-15)11-13-5-3-4-6-13;1-7(5)4-2-3-6-7/h7-10,12-13H,3-6,11H2,1-2H3;2-4H2,1H3. The van der Waals surface area contributed by atoms with E-state index in [0.29, 0.717) is 12.5 Å². The van der Waals surface area contributed by atoms with Crippen molar-refractivity contribution >= 4 is 7.37 Å². The van der Waals surface area contributed by atoms with Crippen LogP contribution in [-0.4, -0.2) is 19.4 Å². The summed E-state index contributed by atoms with van der Waals surface area (Å²) in [7, 11) is -2.04. The third-order valence-corrected chi connectivity index (χ3v) is 6.58. The van der Waals surface area contributed by atoms with Crippen LogP contribution in [0.3, 0.4) is 0 Å². The molecule has 1 saturated carbocycles. The molecule has 1 aliphatic carbocycles. The average molecular weight is 322 g/mol. The molecule has 3 heteroatoms. The van der Waals surface area contributed by atoms with Crippen molar-refractivity contribution in [1.29, 1.82) is 0 Å². The first-order chi connectivity index (χ1) is 10.5. The van der Waals surface area contributed by atoms with E-state index in [0.717, 1.165) is 18.5 Å². The molecule has 0 spiro atoms. The Balaban J connectivity index is 0.000000211. The van der Waals surface area contributed by atoms with E-state index < -0.39 is 7.37 Å². The Morgan fingerprint density at radius 3 is 2.18 bits per heavy atom. The summed E-state index contributed by atoms with van der Waals surface area (Å²) in [5, 5.41) is 0. The maximum atomic E-state index is 10.8. The van der Waals surface area contributed by atoms with Crippen molar-refractivity contribution < 1.29 is 9.09 Å². The van der Waals surface area contributed by atoms with E-state index in [1.54, 1.807) is 6.66 Å². The zero-order valence-electron chi connectivity index (χ0n) is 14.4. The Hall–Kier alpha value is -0.590. The minimum absolute atomic E-state index is 0.658. The molecular formula is C19H31O2P. The molecular weight excluding hydrogens is 291 g/mol. The summed E-state index contributed by atoms with van der Waals surface area (Å²) < 4.78 is 15.7. The molecule has 0 amide bonds. The summed E-state index contributed by atoms with van der Waals surface area (Å²) >= 11 is 0. The molecule has 1 aromatic carbocycles. The average Bonchev–Trinajstić information content (AvgIpc) is 3.11. The summed E-state index contributed by atoms with van der Waals surface area (Å²) in [6, 6.07) is 9.26. The highest BCUT2D eigenvalue weighted by Gasteiger charge is 2.20. The van der Waals surface area contributed by atoms with Gasteiger partial charge >= 0.3 is 0 Å². The lowest BCUT2D eigenvalue weighted by Crippen LogP contribution is -1.98. The van der Waals surface area contributed by atoms with Gasteiger partial charge in [0.1, 0.15) is 0 Å². The summed E-state index contributed by atoms with van der Waals surface area (Å²) in [6.45, 7) is 6.91. The molecule has 3 rings (SSSR count). The molecule has 1 heterocycles. The zero-order valence-corrected chi connectivity index (χ0v) is 15.3. The van der Waals surface area contributed by atoms with E-state index in [1.807, 2.05) is 0 Å². The van der Waals surface area contributed by atoms with Crippen LogP contribution in [0.1, 0.15) is 63.0 Å². The van der Waals surface area contributed by atoms with Crippen LogP contribution in [0.4, 0.5) is 0 Å². The molecule has 2 nitrogen and oxygen atoms in total. The second-order valence-electron chi connectivity index (χ2n) is 7.18. The predicted molar refractivity (Wildman–Crippen MR) is 95.2 cm³/mol. The maximum absolute atomic E-state index is 10.8.